The van der Waals surface area contributed by atoms with Gasteiger partial charge in [-0.25, -0.2) is 0 Å². The smallest absolute Gasteiger partial charge is 0.256 e. The summed E-state index contributed by atoms with van der Waals surface area (Å²) in [4.78, 5) is 14.8. The lowest BCUT2D eigenvalue weighted by atomic mass is 9.97. The first-order valence-corrected chi connectivity index (χ1v) is 7.98. The van der Waals surface area contributed by atoms with Crippen LogP contribution in [0, 0.1) is 11.8 Å². The largest absolute Gasteiger partial charge is 0.363 e. The first kappa shape index (κ1) is 13.3. The molecular weight excluding hydrogens is 264 g/mol. The van der Waals surface area contributed by atoms with E-state index in [4.69, 9.17) is 10.5 Å². The van der Waals surface area contributed by atoms with Gasteiger partial charge in [-0.3, -0.25) is 4.79 Å². The number of amides is 1. The van der Waals surface area contributed by atoms with Crippen molar-refractivity contribution in [1.82, 2.24) is 4.90 Å². The fraction of sp³-hybridized carbons (Fsp3) is 0.588. The number of ether oxygens (including phenoxy) is 1. The minimum Gasteiger partial charge on any atom is -0.363 e. The van der Waals surface area contributed by atoms with E-state index < -0.39 is 6.10 Å². The first-order chi connectivity index (χ1) is 10.2. The quantitative estimate of drug-likeness (QED) is 0.851. The van der Waals surface area contributed by atoms with Crippen LogP contribution in [-0.2, 0) is 16.0 Å². The van der Waals surface area contributed by atoms with E-state index in [1.807, 2.05) is 23.1 Å². The maximum absolute atomic E-state index is 12.9. The fourth-order valence-corrected chi connectivity index (χ4v) is 4.25. The molecule has 21 heavy (non-hydrogen) atoms. The number of hydrogen-bond acceptors (Lipinski definition) is 3. The molecule has 1 saturated carbocycles. The summed E-state index contributed by atoms with van der Waals surface area (Å²) in [6.45, 7) is 2.31. The van der Waals surface area contributed by atoms with E-state index in [2.05, 4.69) is 6.07 Å². The molecule has 4 rings (SSSR count). The van der Waals surface area contributed by atoms with Crippen LogP contribution in [0.5, 0.6) is 0 Å². The molecule has 3 aliphatic rings. The molecule has 1 amide bonds. The zero-order valence-electron chi connectivity index (χ0n) is 12.2. The van der Waals surface area contributed by atoms with Crippen LogP contribution in [0.4, 0.5) is 0 Å². The molecule has 0 spiro atoms. The molecule has 2 heterocycles. The van der Waals surface area contributed by atoms with E-state index in [0.717, 1.165) is 37.9 Å². The van der Waals surface area contributed by atoms with E-state index in [9.17, 15) is 4.79 Å². The van der Waals surface area contributed by atoms with E-state index in [0.29, 0.717) is 18.4 Å². The molecule has 112 valence electrons. The summed E-state index contributed by atoms with van der Waals surface area (Å²) in [5, 5.41) is 0. The zero-order valence-corrected chi connectivity index (χ0v) is 12.2. The van der Waals surface area contributed by atoms with Gasteiger partial charge >= 0.3 is 0 Å². The van der Waals surface area contributed by atoms with Crippen molar-refractivity contribution in [2.24, 2.45) is 17.6 Å². The summed E-state index contributed by atoms with van der Waals surface area (Å²) in [5.41, 5.74) is 8.47. The van der Waals surface area contributed by atoms with Crippen LogP contribution in [0.3, 0.4) is 0 Å². The molecule has 1 aliphatic carbocycles. The topological polar surface area (TPSA) is 55.6 Å². The third-order valence-electron chi connectivity index (χ3n) is 5.44. The van der Waals surface area contributed by atoms with Gasteiger partial charge in [-0.15, -0.1) is 0 Å². The summed E-state index contributed by atoms with van der Waals surface area (Å²) in [5.74, 6) is 1.22. The third kappa shape index (κ3) is 2.17. The molecule has 1 aromatic rings. The number of carbonyl (C=O) groups is 1. The van der Waals surface area contributed by atoms with Crippen LogP contribution < -0.4 is 5.73 Å². The molecule has 4 nitrogen and oxygen atoms in total. The lowest BCUT2D eigenvalue weighted by Crippen LogP contribution is -2.38. The molecule has 0 radical (unpaired) electrons. The van der Waals surface area contributed by atoms with Crippen molar-refractivity contribution in [2.75, 3.05) is 19.7 Å². The highest BCUT2D eigenvalue weighted by molar-refractivity contribution is 5.83. The van der Waals surface area contributed by atoms with Crippen LogP contribution in [0.1, 0.15) is 30.1 Å². The summed E-state index contributed by atoms with van der Waals surface area (Å²) in [6, 6.07) is 8.42. The maximum Gasteiger partial charge on any atom is 0.256 e. The van der Waals surface area contributed by atoms with Crippen molar-refractivity contribution in [3.63, 3.8) is 0 Å². The first-order valence-electron chi connectivity index (χ1n) is 7.98. The molecule has 0 aromatic heterocycles. The fourth-order valence-electron chi connectivity index (χ4n) is 4.25. The highest BCUT2D eigenvalue weighted by Crippen LogP contribution is 2.39. The van der Waals surface area contributed by atoms with Gasteiger partial charge in [0.05, 0.1) is 6.61 Å². The summed E-state index contributed by atoms with van der Waals surface area (Å²) >= 11 is 0. The van der Waals surface area contributed by atoms with E-state index in [1.165, 1.54) is 5.56 Å². The average molecular weight is 286 g/mol. The van der Waals surface area contributed by atoms with Crippen LogP contribution in [0.25, 0.3) is 0 Å². The van der Waals surface area contributed by atoms with Gasteiger partial charge in [-0.1, -0.05) is 24.3 Å². The van der Waals surface area contributed by atoms with Crippen LogP contribution in [-0.4, -0.2) is 36.5 Å². The van der Waals surface area contributed by atoms with Crippen molar-refractivity contribution in [2.45, 2.75) is 31.4 Å². The Morgan fingerprint density at radius 2 is 2.10 bits per heavy atom. The Morgan fingerprint density at radius 3 is 2.95 bits per heavy atom. The normalized spacial score (nSPS) is 34.6. The molecule has 2 N–H and O–H groups in total. The average Bonchev–Trinajstić information content (AvgIpc) is 3.08. The van der Waals surface area contributed by atoms with E-state index >= 15 is 0 Å². The van der Waals surface area contributed by atoms with Gasteiger partial charge in [0.2, 0.25) is 0 Å². The second-order valence-electron chi connectivity index (χ2n) is 6.61. The highest BCUT2D eigenvalue weighted by Gasteiger charge is 2.44. The molecule has 4 atom stereocenters. The summed E-state index contributed by atoms with van der Waals surface area (Å²) in [6.07, 6.45) is 2.76. The monoisotopic (exact) mass is 286 g/mol. The third-order valence-corrected chi connectivity index (χ3v) is 5.44. The SMILES string of the molecule is N[C@H]1CC[C@@H]2CN(C(=O)[C@@H]3OCCc4ccccc43)C[C@H]21. The van der Waals surface area contributed by atoms with Crippen LogP contribution in [0.2, 0.25) is 0 Å². The Kier molecular flexibility index (Phi) is 3.23. The van der Waals surface area contributed by atoms with Gasteiger partial charge in [0, 0.05) is 19.1 Å². The molecule has 2 fully saturated rings. The van der Waals surface area contributed by atoms with E-state index in [-0.39, 0.29) is 11.9 Å². The van der Waals surface area contributed by atoms with Gasteiger partial charge in [0.25, 0.3) is 5.91 Å². The Morgan fingerprint density at radius 1 is 1.24 bits per heavy atom. The molecular formula is C17H22N2O2. The molecule has 1 aromatic carbocycles. The van der Waals surface area contributed by atoms with Crippen molar-refractivity contribution in [3.8, 4) is 0 Å². The summed E-state index contributed by atoms with van der Waals surface area (Å²) in [7, 11) is 0. The Bertz CT molecular complexity index is 559. The second-order valence-corrected chi connectivity index (χ2v) is 6.61. The Hall–Kier alpha value is -1.39. The van der Waals surface area contributed by atoms with Gasteiger partial charge in [-0.2, -0.15) is 0 Å². The standard InChI is InChI=1S/C17H22N2O2/c18-15-6-5-12-9-19(10-14(12)15)17(20)16-13-4-2-1-3-11(13)7-8-21-16/h1-4,12,14-16H,5-10,18H2/t12-,14-,15+,16-/m1/s1. The number of fused-ring (bicyclic) bond motifs is 2. The predicted octanol–water partition coefficient (Wildman–Crippen LogP) is 1.50. The van der Waals surface area contributed by atoms with Crippen molar-refractivity contribution in [1.29, 1.82) is 0 Å². The Balaban J connectivity index is 1.54. The van der Waals surface area contributed by atoms with Crippen molar-refractivity contribution >= 4 is 5.91 Å². The maximum atomic E-state index is 12.9. The number of likely N-dealkylation sites (tertiary alicyclic amines) is 1. The number of nitrogens with zero attached hydrogens (tertiary/aromatic N) is 1. The van der Waals surface area contributed by atoms with Crippen LogP contribution >= 0.6 is 0 Å². The minimum absolute atomic E-state index is 0.128. The number of carbonyl (C=O) groups excluding carboxylic acids is 1. The number of rotatable bonds is 1. The van der Waals surface area contributed by atoms with Gasteiger partial charge < -0.3 is 15.4 Å². The molecule has 1 saturated heterocycles. The van der Waals surface area contributed by atoms with E-state index in [1.54, 1.807) is 0 Å². The molecule has 4 heteroatoms. The predicted molar refractivity (Wildman–Crippen MR) is 79.6 cm³/mol. The molecule has 0 unspecified atom stereocenters. The minimum atomic E-state index is -0.412. The second kappa shape index (κ2) is 5.11. The lowest BCUT2D eigenvalue weighted by Gasteiger charge is -2.29. The number of hydrogen-bond donors (Lipinski definition) is 1. The lowest BCUT2D eigenvalue weighted by molar-refractivity contribution is -0.144. The molecule has 0 bridgehead atoms. The van der Waals surface area contributed by atoms with Gasteiger partial charge in [0.1, 0.15) is 0 Å². The molecule has 2 aliphatic heterocycles. The Labute approximate surface area is 125 Å². The van der Waals surface area contributed by atoms with Crippen molar-refractivity contribution < 1.29 is 9.53 Å². The summed E-state index contributed by atoms with van der Waals surface area (Å²) < 4.78 is 5.81. The highest BCUT2D eigenvalue weighted by atomic mass is 16.5. The van der Waals surface area contributed by atoms with Crippen molar-refractivity contribution in [3.05, 3.63) is 35.4 Å². The zero-order chi connectivity index (χ0) is 14.4. The number of nitrogens with two attached hydrogens (primary N) is 1. The van der Waals surface area contributed by atoms with Crippen LogP contribution in [0.15, 0.2) is 24.3 Å². The van der Waals surface area contributed by atoms with Gasteiger partial charge in [-0.05, 0) is 42.2 Å². The van der Waals surface area contributed by atoms with Gasteiger partial charge in [0.15, 0.2) is 6.10 Å². The number of benzene rings is 1.